The van der Waals surface area contributed by atoms with Crippen LogP contribution in [0, 0.1) is 6.92 Å². The summed E-state index contributed by atoms with van der Waals surface area (Å²) in [6.07, 6.45) is 3.69. The van der Waals surface area contributed by atoms with Crippen LogP contribution in [0.3, 0.4) is 0 Å². The summed E-state index contributed by atoms with van der Waals surface area (Å²) in [5, 5.41) is 7.39. The van der Waals surface area contributed by atoms with Gasteiger partial charge >= 0.3 is 6.03 Å². The number of nitrogens with two attached hydrogens (primary N) is 1. The van der Waals surface area contributed by atoms with Gasteiger partial charge in [0, 0.05) is 35.0 Å². The molecule has 0 spiro atoms. The van der Waals surface area contributed by atoms with Crippen LogP contribution in [0.4, 0.5) is 22.0 Å². The number of nitrogen functional groups attached to an aromatic ring is 1. The number of aryl methyl sites for hydroxylation is 1. The maximum Gasteiger partial charge on any atom is 0.323 e. The summed E-state index contributed by atoms with van der Waals surface area (Å²) in [6.45, 7) is 2.56. The third-order valence-corrected chi connectivity index (χ3v) is 5.10. The van der Waals surface area contributed by atoms with E-state index in [1.54, 1.807) is 18.3 Å². The Morgan fingerprint density at radius 2 is 2.00 bits per heavy atom. The van der Waals surface area contributed by atoms with E-state index in [0.717, 1.165) is 27.7 Å². The molecule has 0 atom stereocenters. The van der Waals surface area contributed by atoms with Crippen LogP contribution in [0.25, 0.3) is 10.9 Å². The van der Waals surface area contributed by atoms with E-state index in [-0.39, 0.29) is 6.03 Å². The third kappa shape index (κ3) is 4.17. The number of benzene rings is 2. The normalized spacial score (nSPS) is 10.8. The van der Waals surface area contributed by atoms with Crippen LogP contribution in [0.5, 0.6) is 0 Å². The van der Waals surface area contributed by atoms with Crippen molar-refractivity contribution in [3.63, 3.8) is 0 Å². The quantitative estimate of drug-likeness (QED) is 0.432. The first-order valence-corrected chi connectivity index (χ1v) is 9.50. The highest BCUT2D eigenvalue weighted by molar-refractivity contribution is 6.31. The van der Waals surface area contributed by atoms with Crippen LogP contribution >= 0.6 is 11.6 Å². The van der Waals surface area contributed by atoms with Crippen LogP contribution in [-0.2, 0) is 6.54 Å². The molecule has 0 saturated heterocycles. The maximum absolute atomic E-state index is 12.5. The van der Waals surface area contributed by atoms with Crippen molar-refractivity contribution < 1.29 is 4.79 Å². The van der Waals surface area contributed by atoms with Crippen LogP contribution in [0.2, 0.25) is 5.02 Å². The number of amides is 2. The van der Waals surface area contributed by atoms with E-state index in [0.29, 0.717) is 23.1 Å². The van der Waals surface area contributed by atoms with Crippen molar-refractivity contribution >= 4 is 45.7 Å². The second-order valence-corrected chi connectivity index (χ2v) is 7.22. The van der Waals surface area contributed by atoms with Gasteiger partial charge in [-0.15, -0.1) is 0 Å². The van der Waals surface area contributed by atoms with Gasteiger partial charge in [0.2, 0.25) is 0 Å². The molecule has 0 aliphatic carbocycles. The van der Waals surface area contributed by atoms with Gasteiger partial charge in [-0.25, -0.2) is 9.78 Å². The van der Waals surface area contributed by atoms with Crippen molar-refractivity contribution in [1.29, 1.82) is 0 Å². The molecule has 2 aromatic heterocycles. The Morgan fingerprint density at radius 3 is 2.79 bits per heavy atom. The smallest absolute Gasteiger partial charge is 0.323 e. The number of aromatic nitrogens is 2. The average Bonchev–Trinajstić information content (AvgIpc) is 3.09. The zero-order chi connectivity index (χ0) is 20.4. The van der Waals surface area contributed by atoms with Gasteiger partial charge in [-0.3, -0.25) is 0 Å². The van der Waals surface area contributed by atoms with E-state index in [4.69, 9.17) is 17.3 Å². The largest absolute Gasteiger partial charge is 0.384 e. The van der Waals surface area contributed by atoms with E-state index in [9.17, 15) is 4.79 Å². The van der Waals surface area contributed by atoms with Crippen molar-refractivity contribution in [3.8, 4) is 0 Å². The Balaban J connectivity index is 1.54. The van der Waals surface area contributed by atoms with Crippen LogP contribution < -0.4 is 16.4 Å². The monoisotopic (exact) mass is 405 g/mol. The first kappa shape index (κ1) is 18.8. The Labute approximate surface area is 173 Å². The van der Waals surface area contributed by atoms with E-state index in [2.05, 4.69) is 20.2 Å². The molecule has 4 rings (SSSR count). The molecular weight excluding hydrogens is 386 g/mol. The van der Waals surface area contributed by atoms with Crippen molar-refractivity contribution in [2.45, 2.75) is 13.5 Å². The van der Waals surface area contributed by atoms with E-state index in [1.165, 1.54) is 0 Å². The minimum atomic E-state index is -0.311. The topological polar surface area (TPSA) is 85.0 Å². The second-order valence-electron chi connectivity index (χ2n) is 6.81. The Kier molecular flexibility index (Phi) is 5.10. The summed E-state index contributed by atoms with van der Waals surface area (Å²) in [4.78, 5) is 16.5. The minimum absolute atomic E-state index is 0.311. The number of pyridine rings is 1. The molecule has 0 saturated carbocycles. The van der Waals surface area contributed by atoms with Crippen molar-refractivity contribution in [1.82, 2.24) is 9.55 Å². The third-order valence-electron chi connectivity index (χ3n) is 4.68. The van der Waals surface area contributed by atoms with Gasteiger partial charge in [0.25, 0.3) is 0 Å². The average molecular weight is 406 g/mol. The Morgan fingerprint density at radius 1 is 1.14 bits per heavy atom. The fraction of sp³-hybridized carbons (Fsp3) is 0.0909. The van der Waals surface area contributed by atoms with Gasteiger partial charge < -0.3 is 20.9 Å². The molecule has 7 heteroatoms. The molecule has 0 fully saturated rings. The molecule has 0 unspecified atom stereocenters. The lowest BCUT2D eigenvalue weighted by Gasteiger charge is -2.11. The van der Waals surface area contributed by atoms with Gasteiger partial charge in [0.05, 0.1) is 11.2 Å². The van der Waals surface area contributed by atoms with Gasteiger partial charge in [0.1, 0.15) is 5.82 Å². The molecule has 0 bridgehead atoms. The van der Waals surface area contributed by atoms with Gasteiger partial charge in [-0.2, -0.15) is 0 Å². The predicted octanol–water partition coefficient (Wildman–Crippen LogP) is 5.27. The molecule has 29 heavy (non-hydrogen) atoms. The zero-order valence-corrected chi connectivity index (χ0v) is 16.6. The van der Waals surface area contributed by atoms with Crippen molar-refractivity contribution in [2.24, 2.45) is 0 Å². The lowest BCUT2D eigenvalue weighted by Crippen LogP contribution is -2.19. The maximum atomic E-state index is 12.5. The summed E-state index contributed by atoms with van der Waals surface area (Å²) >= 11 is 6.04. The van der Waals surface area contributed by atoms with Crippen LogP contribution in [0.15, 0.2) is 67.0 Å². The van der Waals surface area contributed by atoms with Gasteiger partial charge in [-0.05, 0) is 66.6 Å². The SMILES string of the molecule is Cc1cc(NC(=O)Nc2cccc3c2ccn3Cc2ccnc(N)c2)ccc1Cl. The number of hydrogen-bond donors (Lipinski definition) is 3. The number of urea groups is 1. The van der Waals surface area contributed by atoms with Crippen LogP contribution in [-0.4, -0.2) is 15.6 Å². The number of nitrogens with one attached hydrogen (secondary N) is 2. The molecule has 6 nitrogen and oxygen atoms in total. The molecule has 4 aromatic rings. The molecular formula is C22H20ClN5O. The highest BCUT2D eigenvalue weighted by Gasteiger charge is 2.10. The van der Waals surface area contributed by atoms with E-state index < -0.39 is 0 Å². The van der Waals surface area contributed by atoms with Crippen molar-refractivity contribution in [3.05, 3.63) is 83.1 Å². The highest BCUT2D eigenvalue weighted by Crippen LogP contribution is 2.26. The number of fused-ring (bicyclic) bond motifs is 1. The molecule has 0 aliphatic heterocycles. The highest BCUT2D eigenvalue weighted by atomic mass is 35.5. The Hall–Kier alpha value is -3.51. The number of halogens is 1. The fourth-order valence-corrected chi connectivity index (χ4v) is 3.38. The number of anilines is 3. The molecule has 2 aromatic carbocycles. The molecule has 0 radical (unpaired) electrons. The lowest BCUT2D eigenvalue weighted by molar-refractivity contribution is 0.262. The Bertz CT molecular complexity index is 1200. The van der Waals surface area contributed by atoms with Gasteiger partial charge in [-0.1, -0.05) is 17.7 Å². The first-order chi connectivity index (χ1) is 14.0. The summed E-state index contributed by atoms with van der Waals surface area (Å²) in [5.41, 5.74) is 10.2. The van der Waals surface area contributed by atoms with Gasteiger partial charge in [0.15, 0.2) is 0 Å². The standard InChI is InChI=1S/C22H20ClN5O/c1-14-11-16(5-6-18(14)23)26-22(29)27-19-3-2-4-20-17(19)8-10-28(20)13-15-7-9-25-21(24)12-15/h2-12H,13H2,1H3,(H2,24,25)(H2,26,27,29). The zero-order valence-electron chi connectivity index (χ0n) is 15.8. The minimum Gasteiger partial charge on any atom is -0.384 e. The fourth-order valence-electron chi connectivity index (χ4n) is 3.27. The van der Waals surface area contributed by atoms with Crippen LogP contribution in [0.1, 0.15) is 11.1 Å². The number of hydrogen-bond acceptors (Lipinski definition) is 3. The lowest BCUT2D eigenvalue weighted by atomic mass is 10.2. The summed E-state index contributed by atoms with van der Waals surface area (Å²) in [6, 6.07) is 16.7. The van der Waals surface area contributed by atoms with E-state index >= 15 is 0 Å². The van der Waals surface area contributed by atoms with Crippen molar-refractivity contribution in [2.75, 3.05) is 16.4 Å². The second kappa shape index (κ2) is 7.85. The molecule has 0 aliphatic rings. The summed E-state index contributed by atoms with van der Waals surface area (Å²) < 4.78 is 2.11. The molecule has 146 valence electrons. The number of carbonyl (C=O) groups is 1. The van der Waals surface area contributed by atoms with E-state index in [1.807, 2.05) is 55.6 Å². The number of carbonyl (C=O) groups excluding carboxylic acids is 1. The number of rotatable bonds is 4. The molecule has 2 amide bonds. The molecule has 4 N–H and O–H groups in total. The molecule has 2 heterocycles. The first-order valence-electron chi connectivity index (χ1n) is 9.12. The predicted molar refractivity (Wildman–Crippen MR) is 119 cm³/mol. The number of nitrogens with zero attached hydrogens (tertiary/aromatic N) is 2. The summed E-state index contributed by atoms with van der Waals surface area (Å²) in [5.74, 6) is 0.496. The summed E-state index contributed by atoms with van der Waals surface area (Å²) in [7, 11) is 0.